The molecule has 1 saturated heterocycles. The highest BCUT2D eigenvalue weighted by atomic mass is 35.5. The molecule has 1 aromatic heterocycles. The molecule has 3 heterocycles. The van der Waals surface area contributed by atoms with Gasteiger partial charge in [0, 0.05) is 18.8 Å². The van der Waals surface area contributed by atoms with Crippen LogP contribution in [0.4, 0.5) is 26.0 Å². The number of fused-ring (bicyclic) bond motifs is 3. The summed E-state index contributed by atoms with van der Waals surface area (Å²) in [6.45, 7) is 2.00. The predicted octanol–water partition coefficient (Wildman–Crippen LogP) is 4.91. The second kappa shape index (κ2) is 6.60. The minimum Gasteiger partial charge on any atom is -0.371 e. The Hall–Kier alpha value is -2.93. The van der Waals surface area contributed by atoms with Gasteiger partial charge in [0.2, 0.25) is 0 Å². The molecule has 2 aliphatic rings. The first kappa shape index (κ1) is 17.2. The normalized spacial score (nSPS) is 15.5. The van der Waals surface area contributed by atoms with Crippen LogP contribution in [0.3, 0.4) is 0 Å². The molecule has 3 aromatic rings. The highest BCUT2D eigenvalue weighted by Crippen LogP contribution is 2.37. The van der Waals surface area contributed by atoms with Crippen LogP contribution in [0.2, 0.25) is 5.02 Å². The van der Waals surface area contributed by atoms with Gasteiger partial charge in [-0.3, -0.25) is 0 Å². The molecule has 2 aliphatic heterocycles. The van der Waals surface area contributed by atoms with Gasteiger partial charge in [-0.1, -0.05) is 17.7 Å². The van der Waals surface area contributed by atoms with Crippen molar-refractivity contribution in [3.63, 3.8) is 0 Å². The van der Waals surface area contributed by atoms with Crippen LogP contribution in [0.1, 0.15) is 18.4 Å². The lowest BCUT2D eigenvalue weighted by atomic mass is 10.1. The van der Waals surface area contributed by atoms with Crippen molar-refractivity contribution in [2.24, 2.45) is 4.99 Å². The molecule has 0 radical (unpaired) electrons. The van der Waals surface area contributed by atoms with E-state index >= 15 is 0 Å². The van der Waals surface area contributed by atoms with Gasteiger partial charge in [0.25, 0.3) is 0 Å². The number of hydrogen-bond donors (Lipinski definition) is 1. The van der Waals surface area contributed by atoms with Gasteiger partial charge < -0.3 is 10.2 Å². The van der Waals surface area contributed by atoms with E-state index in [0.717, 1.165) is 37.3 Å². The van der Waals surface area contributed by atoms with Crippen molar-refractivity contribution in [2.45, 2.75) is 12.8 Å². The lowest BCUT2D eigenvalue weighted by Crippen LogP contribution is -2.19. The fraction of sp³-hybridized carbons (Fsp3) is 0.200. The molecule has 5 rings (SSSR count). The average molecular weight is 400 g/mol. The second-order valence-corrected chi connectivity index (χ2v) is 7.21. The summed E-state index contributed by atoms with van der Waals surface area (Å²) in [7, 11) is 0. The SMILES string of the molecule is Fc1cccc(F)c1C1=Nc2c(Cl)cnn2-c2cc(N3CCCC3)ccc2N1. The van der Waals surface area contributed by atoms with Crippen LogP contribution in [-0.4, -0.2) is 28.7 Å². The molecule has 0 bridgehead atoms. The summed E-state index contributed by atoms with van der Waals surface area (Å²) in [4.78, 5) is 6.71. The lowest BCUT2D eigenvalue weighted by molar-refractivity contribution is 0.579. The molecule has 1 N–H and O–H groups in total. The van der Waals surface area contributed by atoms with Crippen LogP contribution in [0.25, 0.3) is 5.69 Å². The molecular weight excluding hydrogens is 384 g/mol. The highest BCUT2D eigenvalue weighted by molar-refractivity contribution is 6.33. The van der Waals surface area contributed by atoms with E-state index in [-0.39, 0.29) is 11.4 Å². The summed E-state index contributed by atoms with van der Waals surface area (Å²) < 4.78 is 30.4. The Labute approximate surface area is 165 Å². The monoisotopic (exact) mass is 399 g/mol. The summed E-state index contributed by atoms with van der Waals surface area (Å²) in [5.74, 6) is -1.03. The molecule has 0 spiro atoms. The van der Waals surface area contributed by atoms with Crippen molar-refractivity contribution in [1.82, 2.24) is 9.78 Å². The molecule has 8 heteroatoms. The molecule has 28 heavy (non-hydrogen) atoms. The third-order valence-corrected chi connectivity index (χ3v) is 5.32. The van der Waals surface area contributed by atoms with Gasteiger partial charge in [0.1, 0.15) is 22.5 Å². The molecule has 0 saturated carbocycles. The number of nitrogens with one attached hydrogen (secondary N) is 1. The van der Waals surface area contributed by atoms with Gasteiger partial charge in [0.15, 0.2) is 5.82 Å². The maximum absolute atomic E-state index is 14.4. The Bertz CT molecular complexity index is 1080. The van der Waals surface area contributed by atoms with E-state index in [2.05, 4.69) is 20.3 Å². The molecule has 5 nitrogen and oxygen atoms in total. The van der Waals surface area contributed by atoms with E-state index < -0.39 is 11.6 Å². The van der Waals surface area contributed by atoms with Crippen LogP contribution >= 0.6 is 11.6 Å². The number of halogens is 3. The standard InChI is InChI=1S/C20H16ClF2N5/c21-13-11-24-28-17-10-12(27-8-1-2-9-27)6-7-16(17)25-19(26-20(13)28)18-14(22)4-3-5-15(18)23/h3-7,10-11H,1-2,8-9H2,(H,25,26). The summed E-state index contributed by atoms with van der Waals surface area (Å²) in [5, 5.41) is 7.70. The fourth-order valence-electron chi connectivity index (χ4n) is 3.68. The van der Waals surface area contributed by atoms with Crippen molar-refractivity contribution in [3.05, 3.63) is 64.8 Å². The average Bonchev–Trinajstić information content (AvgIpc) is 3.30. The zero-order valence-corrected chi connectivity index (χ0v) is 15.5. The Morgan fingerprint density at radius 3 is 2.54 bits per heavy atom. The molecule has 1 fully saturated rings. The number of nitrogens with zero attached hydrogens (tertiary/aromatic N) is 4. The molecule has 0 atom stereocenters. The third kappa shape index (κ3) is 2.74. The Balaban J connectivity index is 1.69. The van der Waals surface area contributed by atoms with Gasteiger partial charge >= 0.3 is 0 Å². The van der Waals surface area contributed by atoms with E-state index in [1.54, 1.807) is 4.68 Å². The van der Waals surface area contributed by atoms with E-state index in [0.29, 0.717) is 16.5 Å². The summed E-state index contributed by atoms with van der Waals surface area (Å²) in [5.41, 5.74) is 2.20. The third-order valence-electron chi connectivity index (χ3n) is 5.05. The fourth-order valence-corrected chi connectivity index (χ4v) is 3.84. The van der Waals surface area contributed by atoms with Crippen LogP contribution < -0.4 is 10.2 Å². The molecule has 142 valence electrons. The molecule has 0 aliphatic carbocycles. The van der Waals surface area contributed by atoms with E-state index in [1.165, 1.54) is 24.4 Å². The topological polar surface area (TPSA) is 45.5 Å². The lowest BCUT2D eigenvalue weighted by Gasteiger charge is -2.20. The zero-order chi connectivity index (χ0) is 19.3. The van der Waals surface area contributed by atoms with Crippen molar-refractivity contribution in [2.75, 3.05) is 23.3 Å². The van der Waals surface area contributed by atoms with Crippen LogP contribution in [0, 0.1) is 11.6 Å². The molecular formula is C20H16ClF2N5. The predicted molar refractivity (Wildman–Crippen MR) is 106 cm³/mol. The molecule has 0 unspecified atom stereocenters. The number of amidine groups is 1. The number of aliphatic imine (C=N–C) groups is 1. The number of anilines is 2. The summed E-state index contributed by atoms with van der Waals surface area (Å²) in [6.07, 6.45) is 3.80. The number of aromatic nitrogens is 2. The summed E-state index contributed by atoms with van der Waals surface area (Å²) >= 11 is 6.28. The van der Waals surface area contributed by atoms with Crippen LogP contribution in [0.5, 0.6) is 0 Å². The van der Waals surface area contributed by atoms with Crippen molar-refractivity contribution >= 4 is 34.6 Å². The quantitative estimate of drug-likeness (QED) is 0.666. The first-order chi connectivity index (χ1) is 13.6. The minimum atomic E-state index is -0.703. The largest absolute Gasteiger partial charge is 0.371 e. The first-order valence-corrected chi connectivity index (χ1v) is 9.42. The van der Waals surface area contributed by atoms with Gasteiger partial charge in [-0.2, -0.15) is 5.10 Å². The van der Waals surface area contributed by atoms with Crippen LogP contribution in [-0.2, 0) is 0 Å². The van der Waals surface area contributed by atoms with Crippen molar-refractivity contribution in [3.8, 4) is 5.69 Å². The maximum Gasteiger partial charge on any atom is 0.176 e. The van der Waals surface area contributed by atoms with Crippen molar-refractivity contribution in [1.29, 1.82) is 0 Å². The first-order valence-electron chi connectivity index (χ1n) is 9.05. The van der Waals surface area contributed by atoms with Gasteiger partial charge in [-0.15, -0.1) is 0 Å². The van der Waals surface area contributed by atoms with Crippen LogP contribution in [0.15, 0.2) is 47.6 Å². The molecule has 0 amide bonds. The highest BCUT2D eigenvalue weighted by Gasteiger charge is 2.24. The summed E-state index contributed by atoms with van der Waals surface area (Å²) in [6, 6.07) is 9.58. The Morgan fingerprint density at radius 1 is 1.04 bits per heavy atom. The molecule has 2 aromatic carbocycles. The maximum atomic E-state index is 14.4. The van der Waals surface area contributed by atoms with Gasteiger partial charge in [-0.05, 0) is 43.2 Å². The second-order valence-electron chi connectivity index (χ2n) is 6.81. The zero-order valence-electron chi connectivity index (χ0n) is 14.8. The number of benzene rings is 2. The van der Waals surface area contributed by atoms with Gasteiger partial charge in [-0.25, -0.2) is 18.5 Å². The van der Waals surface area contributed by atoms with E-state index in [4.69, 9.17) is 11.6 Å². The smallest absolute Gasteiger partial charge is 0.176 e. The Kier molecular flexibility index (Phi) is 4.05. The van der Waals surface area contributed by atoms with Crippen molar-refractivity contribution < 1.29 is 8.78 Å². The van der Waals surface area contributed by atoms with E-state index in [1.807, 2.05) is 18.2 Å². The number of rotatable bonds is 2. The van der Waals surface area contributed by atoms with Gasteiger partial charge in [0.05, 0.1) is 23.1 Å². The number of hydrogen-bond acceptors (Lipinski definition) is 4. The Morgan fingerprint density at radius 2 is 1.79 bits per heavy atom. The van der Waals surface area contributed by atoms with E-state index in [9.17, 15) is 8.78 Å². The minimum absolute atomic E-state index is 0.0481.